The Morgan fingerprint density at radius 1 is 1.50 bits per heavy atom. The Balaban J connectivity index is 1.98. The Bertz CT molecular complexity index is 511. The van der Waals surface area contributed by atoms with E-state index in [1.54, 1.807) is 11.3 Å². The van der Waals surface area contributed by atoms with Crippen LogP contribution in [0.2, 0.25) is 0 Å². The maximum atomic E-state index is 5.55. The van der Waals surface area contributed by atoms with Crippen molar-refractivity contribution < 1.29 is 0 Å². The second-order valence-corrected chi connectivity index (χ2v) is 4.96. The van der Waals surface area contributed by atoms with Gasteiger partial charge in [0.25, 0.3) is 0 Å². The lowest BCUT2D eigenvalue weighted by Gasteiger charge is -1.93. The van der Waals surface area contributed by atoms with E-state index in [1.807, 2.05) is 17.1 Å². The van der Waals surface area contributed by atoms with Crippen molar-refractivity contribution in [3.8, 4) is 11.5 Å². The Morgan fingerprint density at radius 3 is 2.94 bits per heavy atom. The predicted molar refractivity (Wildman–Crippen MR) is 62.0 cm³/mol. The van der Waals surface area contributed by atoms with Crippen LogP contribution in [-0.2, 0) is 13.6 Å². The number of aromatic nitrogens is 4. The summed E-state index contributed by atoms with van der Waals surface area (Å²) >= 11 is 1.57. The van der Waals surface area contributed by atoms with Gasteiger partial charge in [0, 0.05) is 24.9 Å². The summed E-state index contributed by atoms with van der Waals surface area (Å²) in [6.07, 6.45) is 2.43. The van der Waals surface area contributed by atoms with Gasteiger partial charge in [0.15, 0.2) is 11.6 Å². The first kappa shape index (κ1) is 9.92. The van der Waals surface area contributed by atoms with Gasteiger partial charge in [-0.3, -0.25) is 0 Å². The van der Waals surface area contributed by atoms with E-state index in [-0.39, 0.29) is 0 Å². The van der Waals surface area contributed by atoms with Gasteiger partial charge in [-0.05, 0) is 12.8 Å². The van der Waals surface area contributed by atoms with Gasteiger partial charge in [-0.25, -0.2) is 14.6 Å². The van der Waals surface area contributed by atoms with E-state index in [2.05, 4.69) is 15.1 Å². The van der Waals surface area contributed by atoms with Gasteiger partial charge in [0.1, 0.15) is 10.7 Å². The first-order chi connectivity index (χ1) is 7.78. The fourth-order valence-corrected chi connectivity index (χ4v) is 2.30. The standard InChI is InChI=1S/C10H13N5S/c1-15-10(7-5-16-8(4-11)12-7)13-9(14-15)6-2-3-6/h5-6H,2-4,11H2,1H3. The molecule has 0 radical (unpaired) electrons. The van der Waals surface area contributed by atoms with Crippen LogP contribution < -0.4 is 5.73 Å². The van der Waals surface area contributed by atoms with Crippen molar-refractivity contribution in [2.75, 3.05) is 0 Å². The summed E-state index contributed by atoms with van der Waals surface area (Å²) in [7, 11) is 1.91. The monoisotopic (exact) mass is 235 g/mol. The molecule has 1 fully saturated rings. The summed E-state index contributed by atoms with van der Waals surface area (Å²) in [5.41, 5.74) is 6.43. The van der Waals surface area contributed by atoms with Gasteiger partial charge in [0.05, 0.1) is 0 Å². The van der Waals surface area contributed by atoms with Crippen LogP contribution in [0.1, 0.15) is 29.6 Å². The molecule has 0 bridgehead atoms. The van der Waals surface area contributed by atoms with Crippen molar-refractivity contribution in [3.05, 3.63) is 16.2 Å². The number of nitrogens with two attached hydrogens (primary N) is 1. The van der Waals surface area contributed by atoms with Crippen molar-refractivity contribution in [1.82, 2.24) is 19.7 Å². The van der Waals surface area contributed by atoms with Crippen molar-refractivity contribution in [3.63, 3.8) is 0 Å². The minimum absolute atomic E-state index is 0.484. The van der Waals surface area contributed by atoms with Crippen molar-refractivity contribution >= 4 is 11.3 Å². The minimum Gasteiger partial charge on any atom is -0.325 e. The van der Waals surface area contributed by atoms with Gasteiger partial charge < -0.3 is 5.73 Å². The smallest absolute Gasteiger partial charge is 0.177 e. The lowest BCUT2D eigenvalue weighted by atomic mass is 10.4. The van der Waals surface area contributed by atoms with Crippen molar-refractivity contribution in [1.29, 1.82) is 0 Å². The molecule has 0 aliphatic heterocycles. The Morgan fingerprint density at radius 2 is 2.31 bits per heavy atom. The molecule has 1 aliphatic rings. The molecule has 2 aromatic heterocycles. The Kier molecular flexibility index (Phi) is 2.26. The zero-order valence-electron chi connectivity index (χ0n) is 9.05. The summed E-state index contributed by atoms with van der Waals surface area (Å²) in [4.78, 5) is 8.97. The third-order valence-corrected chi connectivity index (χ3v) is 3.55. The van der Waals surface area contributed by atoms with E-state index < -0.39 is 0 Å². The first-order valence-corrected chi connectivity index (χ1v) is 6.21. The molecule has 0 atom stereocenters. The average molecular weight is 235 g/mol. The number of hydrogen-bond acceptors (Lipinski definition) is 5. The van der Waals surface area contributed by atoms with Crippen LogP contribution >= 0.6 is 11.3 Å². The third-order valence-electron chi connectivity index (χ3n) is 2.68. The molecule has 84 valence electrons. The van der Waals surface area contributed by atoms with Crippen molar-refractivity contribution in [2.45, 2.75) is 25.3 Å². The quantitative estimate of drug-likeness (QED) is 0.870. The van der Waals surface area contributed by atoms with E-state index in [0.29, 0.717) is 12.5 Å². The number of aryl methyl sites for hydroxylation is 1. The summed E-state index contributed by atoms with van der Waals surface area (Å²) < 4.78 is 1.81. The normalized spacial score (nSPS) is 15.6. The predicted octanol–water partition coefficient (Wildman–Crippen LogP) is 1.27. The number of rotatable bonds is 3. The van der Waals surface area contributed by atoms with Gasteiger partial charge in [-0.2, -0.15) is 5.10 Å². The summed E-state index contributed by atoms with van der Waals surface area (Å²) in [6, 6.07) is 0. The van der Waals surface area contributed by atoms with Gasteiger partial charge in [0.2, 0.25) is 0 Å². The molecule has 6 heteroatoms. The SMILES string of the molecule is Cn1nc(C2CC2)nc1-c1csc(CN)n1. The van der Waals surface area contributed by atoms with E-state index in [0.717, 1.165) is 22.4 Å². The van der Waals surface area contributed by atoms with Crippen LogP contribution in [0, 0.1) is 0 Å². The molecular formula is C10H13N5S. The molecule has 2 N–H and O–H groups in total. The second-order valence-electron chi connectivity index (χ2n) is 4.02. The summed E-state index contributed by atoms with van der Waals surface area (Å²) in [5, 5.41) is 7.35. The summed E-state index contributed by atoms with van der Waals surface area (Å²) in [5.74, 6) is 2.38. The highest BCUT2D eigenvalue weighted by molar-refractivity contribution is 7.09. The molecule has 0 unspecified atom stereocenters. The number of thiazole rings is 1. The molecule has 0 saturated heterocycles. The van der Waals surface area contributed by atoms with Crippen LogP contribution in [0.5, 0.6) is 0 Å². The zero-order chi connectivity index (χ0) is 11.1. The maximum Gasteiger partial charge on any atom is 0.177 e. The maximum absolute atomic E-state index is 5.55. The molecule has 2 heterocycles. The molecule has 2 aromatic rings. The topological polar surface area (TPSA) is 69.6 Å². The summed E-state index contributed by atoms with van der Waals surface area (Å²) in [6.45, 7) is 0.484. The van der Waals surface area contributed by atoms with E-state index in [9.17, 15) is 0 Å². The molecular weight excluding hydrogens is 222 g/mol. The highest BCUT2D eigenvalue weighted by atomic mass is 32.1. The molecule has 0 spiro atoms. The first-order valence-electron chi connectivity index (χ1n) is 5.33. The van der Waals surface area contributed by atoms with E-state index >= 15 is 0 Å². The van der Waals surface area contributed by atoms with Gasteiger partial charge in [-0.15, -0.1) is 11.3 Å². The van der Waals surface area contributed by atoms with Crippen LogP contribution in [-0.4, -0.2) is 19.7 Å². The Hall–Kier alpha value is -1.27. The zero-order valence-corrected chi connectivity index (χ0v) is 9.87. The number of hydrogen-bond donors (Lipinski definition) is 1. The molecule has 1 saturated carbocycles. The lowest BCUT2D eigenvalue weighted by molar-refractivity contribution is 0.748. The van der Waals surface area contributed by atoms with Gasteiger partial charge in [-0.1, -0.05) is 0 Å². The van der Waals surface area contributed by atoms with Gasteiger partial charge >= 0.3 is 0 Å². The molecule has 0 aromatic carbocycles. The molecule has 1 aliphatic carbocycles. The second kappa shape index (κ2) is 3.64. The van der Waals surface area contributed by atoms with Crippen LogP contribution in [0.3, 0.4) is 0 Å². The average Bonchev–Trinajstić information content (AvgIpc) is 2.89. The third kappa shape index (κ3) is 1.64. The van der Waals surface area contributed by atoms with E-state index in [1.165, 1.54) is 12.8 Å². The van der Waals surface area contributed by atoms with Crippen LogP contribution in [0.25, 0.3) is 11.5 Å². The molecule has 0 amide bonds. The Labute approximate surface area is 97.3 Å². The molecule has 5 nitrogen and oxygen atoms in total. The number of nitrogens with zero attached hydrogens (tertiary/aromatic N) is 4. The fourth-order valence-electron chi connectivity index (χ4n) is 1.65. The highest BCUT2D eigenvalue weighted by Crippen LogP contribution is 2.38. The molecule has 3 rings (SSSR count). The van der Waals surface area contributed by atoms with E-state index in [4.69, 9.17) is 5.73 Å². The largest absolute Gasteiger partial charge is 0.325 e. The van der Waals surface area contributed by atoms with Crippen LogP contribution in [0.15, 0.2) is 5.38 Å². The van der Waals surface area contributed by atoms with Crippen molar-refractivity contribution in [2.24, 2.45) is 12.8 Å². The highest BCUT2D eigenvalue weighted by Gasteiger charge is 2.29. The van der Waals surface area contributed by atoms with Crippen LogP contribution in [0.4, 0.5) is 0 Å². The molecule has 16 heavy (non-hydrogen) atoms. The minimum atomic E-state index is 0.484. The lowest BCUT2D eigenvalue weighted by Crippen LogP contribution is -1.97. The fraction of sp³-hybridized carbons (Fsp3) is 0.500.